The maximum Gasteiger partial charge on any atom is 0.472 e. The van der Waals surface area contributed by atoms with Crippen molar-refractivity contribution in [2.75, 3.05) is 47.5 Å². The fourth-order valence-electron chi connectivity index (χ4n) is 9.95. The standard InChI is InChI=1S/C78H136NO8P/c1-6-8-10-12-14-16-18-20-22-24-26-28-30-32-34-36-37-38-39-40-41-43-45-47-49-51-53-55-57-59-61-63-65-67-69-71-78(81)87-76(75-86-88(82,83)85-73-72-79(3,4)5)74-84-77(80)70-68-66-64-62-60-58-56-54-52-50-48-46-44-42-35-33-31-29-27-25-23-21-19-17-15-13-11-9-7-2/h8,10,14,16,19-22,25-28,31-34,37-38,40-41,76H,6-7,9,11-13,15,17-18,23-24,29-30,35-36,39,42-75H2,1-5H3/p+1/b10-8-,16-14-,21-19-,22-20-,27-25-,28-26-,33-31-,34-32-,38-37-,41-40-. The summed E-state index contributed by atoms with van der Waals surface area (Å²) in [5.74, 6) is -0.795. The van der Waals surface area contributed by atoms with Crippen molar-refractivity contribution in [2.24, 2.45) is 0 Å². The largest absolute Gasteiger partial charge is 0.472 e. The van der Waals surface area contributed by atoms with Crippen molar-refractivity contribution in [2.45, 2.75) is 315 Å². The number of nitrogens with zero attached hydrogens (tertiary/aromatic N) is 1. The normalized spacial score (nSPS) is 13.8. The van der Waals surface area contributed by atoms with Gasteiger partial charge < -0.3 is 18.9 Å². The van der Waals surface area contributed by atoms with Crippen LogP contribution in [-0.2, 0) is 32.7 Å². The van der Waals surface area contributed by atoms with Crippen molar-refractivity contribution in [1.82, 2.24) is 0 Å². The molecule has 2 unspecified atom stereocenters. The van der Waals surface area contributed by atoms with E-state index in [0.717, 1.165) is 96.3 Å². The van der Waals surface area contributed by atoms with Crippen LogP contribution in [0.2, 0.25) is 0 Å². The van der Waals surface area contributed by atoms with Crippen LogP contribution in [-0.4, -0.2) is 74.9 Å². The minimum atomic E-state index is -4.40. The lowest BCUT2D eigenvalue weighted by molar-refractivity contribution is -0.870. The van der Waals surface area contributed by atoms with Crippen LogP contribution in [0.4, 0.5) is 0 Å². The van der Waals surface area contributed by atoms with Gasteiger partial charge in [0.25, 0.3) is 0 Å². The van der Waals surface area contributed by atoms with Gasteiger partial charge >= 0.3 is 19.8 Å². The zero-order valence-corrected chi connectivity index (χ0v) is 58.6. The van der Waals surface area contributed by atoms with Crippen LogP contribution in [0.25, 0.3) is 0 Å². The van der Waals surface area contributed by atoms with Gasteiger partial charge in [0.15, 0.2) is 6.10 Å². The third-order valence-corrected chi connectivity index (χ3v) is 16.5. The minimum Gasteiger partial charge on any atom is -0.462 e. The first-order chi connectivity index (χ1) is 43.0. The lowest BCUT2D eigenvalue weighted by Gasteiger charge is -2.24. The van der Waals surface area contributed by atoms with Gasteiger partial charge in [-0.25, -0.2) is 4.57 Å². The van der Waals surface area contributed by atoms with E-state index in [9.17, 15) is 19.0 Å². The summed E-state index contributed by atoms with van der Waals surface area (Å²) in [5, 5.41) is 0. The van der Waals surface area contributed by atoms with Gasteiger partial charge in [-0.15, -0.1) is 0 Å². The first-order valence-electron chi connectivity index (χ1n) is 36.3. The Hall–Kier alpha value is -3.59. The van der Waals surface area contributed by atoms with E-state index in [0.29, 0.717) is 17.4 Å². The van der Waals surface area contributed by atoms with E-state index in [1.54, 1.807) is 0 Å². The van der Waals surface area contributed by atoms with E-state index in [4.69, 9.17) is 18.5 Å². The maximum atomic E-state index is 12.9. The molecule has 0 aliphatic carbocycles. The molecule has 0 aliphatic rings. The highest BCUT2D eigenvalue weighted by Gasteiger charge is 2.27. The van der Waals surface area contributed by atoms with Crippen LogP contribution in [0.1, 0.15) is 309 Å². The van der Waals surface area contributed by atoms with Gasteiger partial charge in [0.05, 0.1) is 27.7 Å². The van der Waals surface area contributed by atoms with Gasteiger partial charge in [0, 0.05) is 12.8 Å². The van der Waals surface area contributed by atoms with Crippen LogP contribution in [0.5, 0.6) is 0 Å². The van der Waals surface area contributed by atoms with Gasteiger partial charge in [-0.3, -0.25) is 18.6 Å². The molecule has 0 bridgehead atoms. The molecule has 0 aromatic carbocycles. The number of rotatable bonds is 66. The number of hydrogen-bond donors (Lipinski definition) is 1. The number of unbranched alkanes of at least 4 members (excludes halogenated alkanes) is 32. The number of carbonyl (C=O) groups is 2. The number of phosphoric acid groups is 1. The molecule has 0 spiro atoms. The molecule has 88 heavy (non-hydrogen) atoms. The summed E-state index contributed by atoms with van der Waals surface area (Å²) < 4.78 is 34.8. The Morgan fingerprint density at radius 2 is 0.648 bits per heavy atom. The molecular weight excluding hydrogens is 1110 g/mol. The second-order valence-corrected chi connectivity index (χ2v) is 26.7. The van der Waals surface area contributed by atoms with E-state index in [-0.39, 0.29) is 32.0 Å². The van der Waals surface area contributed by atoms with Crippen LogP contribution in [0, 0.1) is 0 Å². The van der Waals surface area contributed by atoms with Gasteiger partial charge in [0.1, 0.15) is 19.8 Å². The Kier molecular flexibility index (Phi) is 65.0. The summed E-state index contributed by atoms with van der Waals surface area (Å²) in [4.78, 5) is 35.9. The van der Waals surface area contributed by atoms with Gasteiger partial charge in [-0.1, -0.05) is 309 Å². The Bertz CT molecular complexity index is 1900. The zero-order valence-electron chi connectivity index (χ0n) is 57.7. The highest BCUT2D eigenvalue weighted by atomic mass is 31.2. The minimum absolute atomic E-state index is 0.0274. The van der Waals surface area contributed by atoms with E-state index < -0.39 is 26.5 Å². The molecule has 0 aromatic rings. The molecule has 0 saturated heterocycles. The molecular formula is C78H137NO8P+. The van der Waals surface area contributed by atoms with Crippen LogP contribution in [0.3, 0.4) is 0 Å². The van der Waals surface area contributed by atoms with Crippen LogP contribution < -0.4 is 0 Å². The highest BCUT2D eigenvalue weighted by molar-refractivity contribution is 7.47. The van der Waals surface area contributed by atoms with E-state index in [1.807, 2.05) is 21.1 Å². The van der Waals surface area contributed by atoms with Crippen molar-refractivity contribution in [3.63, 3.8) is 0 Å². The van der Waals surface area contributed by atoms with Crippen LogP contribution in [0.15, 0.2) is 122 Å². The SMILES string of the molecule is CC/C=C\C/C=C\C/C=C\C/C=C\C/C=C\C/C=C\C/C=C\CCCCCCCCCCCCCCCC(=O)OC(COC(=O)CCCCCCCCCCCCCCCC/C=C\C/C=C\C/C=C\CCCCCCC)COP(=O)(O)OCC[N+](C)(C)C. The second kappa shape index (κ2) is 67.8. The van der Waals surface area contributed by atoms with Crippen LogP contribution >= 0.6 is 7.82 Å². The van der Waals surface area contributed by atoms with E-state index in [1.165, 1.54) is 180 Å². The molecule has 1 N–H and O–H groups in total. The van der Waals surface area contributed by atoms with Gasteiger partial charge in [-0.05, 0) is 109 Å². The summed E-state index contributed by atoms with van der Waals surface area (Å²) in [6.07, 6.45) is 97.3. The fraction of sp³-hybridized carbons (Fsp3) is 0.718. The van der Waals surface area contributed by atoms with Crippen molar-refractivity contribution in [3.05, 3.63) is 122 Å². The third-order valence-electron chi connectivity index (χ3n) is 15.5. The predicted octanol–water partition coefficient (Wildman–Crippen LogP) is 23.8. The van der Waals surface area contributed by atoms with E-state index >= 15 is 0 Å². The molecule has 0 rings (SSSR count). The van der Waals surface area contributed by atoms with Gasteiger partial charge in [-0.2, -0.15) is 0 Å². The number of likely N-dealkylation sites (N-methyl/N-ethyl adjacent to an activating group) is 1. The number of quaternary nitrogens is 1. The average Bonchev–Trinajstić information content (AvgIpc) is 3.57. The molecule has 0 aliphatic heterocycles. The maximum absolute atomic E-state index is 12.9. The fourth-order valence-corrected chi connectivity index (χ4v) is 10.7. The number of esters is 2. The summed E-state index contributed by atoms with van der Waals surface area (Å²) in [7, 11) is 1.47. The number of allylic oxidation sites excluding steroid dienone is 20. The van der Waals surface area contributed by atoms with Gasteiger partial charge in [0.2, 0.25) is 0 Å². The summed E-state index contributed by atoms with van der Waals surface area (Å²) in [6.45, 7) is 4.33. The monoisotopic (exact) mass is 1250 g/mol. The quantitative estimate of drug-likeness (QED) is 0.0211. The Morgan fingerprint density at radius 1 is 0.364 bits per heavy atom. The summed E-state index contributed by atoms with van der Waals surface area (Å²) in [6, 6.07) is 0. The molecule has 2 atom stereocenters. The van der Waals surface area contributed by atoms with Crippen molar-refractivity contribution in [3.8, 4) is 0 Å². The molecule has 0 saturated carbocycles. The number of ether oxygens (including phenoxy) is 2. The number of hydrogen-bond acceptors (Lipinski definition) is 7. The number of carbonyl (C=O) groups excluding carboxylic acids is 2. The Balaban J connectivity index is 4.06. The Morgan fingerprint density at radius 3 is 0.966 bits per heavy atom. The molecule has 0 radical (unpaired) electrons. The lowest BCUT2D eigenvalue weighted by Crippen LogP contribution is -2.37. The first kappa shape index (κ1) is 84.4. The van der Waals surface area contributed by atoms with Crippen molar-refractivity contribution in [1.29, 1.82) is 0 Å². The molecule has 0 amide bonds. The third kappa shape index (κ3) is 71.5. The Labute approximate surface area is 543 Å². The topological polar surface area (TPSA) is 108 Å². The first-order valence-corrected chi connectivity index (χ1v) is 37.8. The summed E-state index contributed by atoms with van der Waals surface area (Å²) >= 11 is 0. The number of phosphoric ester groups is 1. The molecule has 0 fully saturated rings. The highest BCUT2D eigenvalue weighted by Crippen LogP contribution is 2.43. The molecule has 10 heteroatoms. The molecule has 506 valence electrons. The predicted molar refractivity (Wildman–Crippen MR) is 381 cm³/mol. The summed E-state index contributed by atoms with van der Waals surface area (Å²) in [5.41, 5.74) is 0. The lowest BCUT2D eigenvalue weighted by atomic mass is 10.0. The second-order valence-electron chi connectivity index (χ2n) is 25.2. The molecule has 9 nitrogen and oxygen atoms in total. The average molecular weight is 1250 g/mol. The zero-order chi connectivity index (χ0) is 64.1. The smallest absolute Gasteiger partial charge is 0.462 e. The molecule has 0 aromatic heterocycles. The van der Waals surface area contributed by atoms with Crippen molar-refractivity contribution >= 4 is 19.8 Å². The van der Waals surface area contributed by atoms with Crippen molar-refractivity contribution < 1.29 is 42.1 Å². The van der Waals surface area contributed by atoms with E-state index in [2.05, 4.69) is 135 Å². The molecule has 0 heterocycles.